The first-order valence-corrected chi connectivity index (χ1v) is 9.38. The minimum absolute atomic E-state index is 0.109. The van der Waals surface area contributed by atoms with Gasteiger partial charge < -0.3 is 19.9 Å². The Kier molecular flexibility index (Phi) is 7.77. The average molecular weight is 397 g/mol. The lowest BCUT2D eigenvalue weighted by Gasteiger charge is -2.19. The summed E-state index contributed by atoms with van der Waals surface area (Å²) in [5, 5.41) is 2.85. The van der Waals surface area contributed by atoms with Gasteiger partial charge in [-0.05, 0) is 30.2 Å². The number of ether oxygens (including phenoxy) is 1. The molecule has 3 amide bonds. The predicted molar refractivity (Wildman–Crippen MR) is 112 cm³/mol. The number of hydrogen-bond acceptors (Lipinski definition) is 4. The molecule has 0 saturated heterocycles. The van der Waals surface area contributed by atoms with E-state index in [1.807, 2.05) is 31.2 Å². The molecule has 0 aliphatic carbocycles. The van der Waals surface area contributed by atoms with Gasteiger partial charge in [0, 0.05) is 26.8 Å². The van der Waals surface area contributed by atoms with E-state index < -0.39 is 0 Å². The first kappa shape index (κ1) is 21.9. The third-order valence-corrected chi connectivity index (χ3v) is 4.37. The van der Waals surface area contributed by atoms with Crippen LogP contribution in [0.3, 0.4) is 0 Å². The molecule has 0 bridgehead atoms. The second-order valence-corrected chi connectivity index (χ2v) is 6.79. The maximum atomic E-state index is 12.8. The molecule has 0 fully saturated rings. The van der Waals surface area contributed by atoms with Crippen molar-refractivity contribution in [3.05, 3.63) is 59.7 Å². The fraction of sp³-hybridized carbons (Fsp3) is 0.318. The van der Waals surface area contributed by atoms with Crippen LogP contribution in [0.25, 0.3) is 0 Å². The highest BCUT2D eigenvalue weighted by Crippen LogP contribution is 2.20. The number of anilines is 1. The highest BCUT2D eigenvalue weighted by Gasteiger charge is 2.20. The van der Waals surface area contributed by atoms with Crippen LogP contribution in [0.1, 0.15) is 22.8 Å². The number of amides is 3. The fourth-order valence-corrected chi connectivity index (χ4v) is 2.67. The molecule has 2 rings (SSSR count). The predicted octanol–water partition coefficient (Wildman–Crippen LogP) is 2.43. The lowest BCUT2D eigenvalue weighted by molar-refractivity contribution is -0.130. The molecule has 0 spiro atoms. The topological polar surface area (TPSA) is 79.0 Å². The molecule has 0 radical (unpaired) electrons. The molecule has 0 unspecified atom stereocenters. The van der Waals surface area contributed by atoms with Crippen molar-refractivity contribution in [2.24, 2.45) is 0 Å². The van der Waals surface area contributed by atoms with Gasteiger partial charge in [0.25, 0.3) is 11.8 Å². The Morgan fingerprint density at radius 2 is 1.62 bits per heavy atom. The molecule has 154 valence electrons. The van der Waals surface area contributed by atoms with E-state index in [4.69, 9.17) is 4.74 Å². The summed E-state index contributed by atoms with van der Waals surface area (Å²) < 4.78 is 5.52. The van der Waals surface area contributed by atoms with Crippen molar-refractivity contribution in [1.29, 1.82) is 0 Å². The van der Waals surface area contributed by atoms with Crippen LogP contribution in [0.4, 0.5) is 5.69 Å². The number of hydrogen-bond donors (Lipinski definition) is 1. The van der Waals surface area contributed by atoms with Crippen molar-refractivity contribution in [3.63, 3.8) is 0 Å². The van der Waals surface area contributed by atoms with E-state index in [1.165, 1.54) is 9.80 Å². The molecule has 0 saturated carbocycles. The number of carbonyl (C=O) groups excluding carboxylic acids is 3. The summed E-state index contributed by atoms with van der Waals surface area (Å²) in [4.78, 5) is 39.7. The molecule has 0 aromatic heterocycles. The monoisotopic (exact) mass is 397 g/mol. The van der Waals surface area contributed by atoms with E-state index in [1.54, 1.807) is 45.4 Å². The van der Waals surface area contributed by atoms with Crippen molar-refractivity contribution in [2.45, 2.75) is 13.3 Å². The van der Waals surface area contributed by atoms with E-state index >= 15 is 0 Å². The Labute approximate surface area is 171 Å². The van der Waals surface area contributed by atoms with Gasteiger partial charge in [-0.15, -0.1) is 0 Å². The van der Waals surface area contributed by atoms with Gasteiger partial charge in [0.1, 0.15) is 5.75 Å². The van der Waals surface area contributed by atoms with E-state index in [-0.39, 0.29) is 30.9 Å². The number of likely N-dealkylation sites (N-methyl/N-ethyl adjacent to an activating group) is 2. The van der Waals surface area contributed by atoms with Crippen LogP contribution >= 0.6 is 0 Å². The van der Waals surface area contributed by atoms with E-state index in [0.717, 1.165) is 17.7 Å². The van der Waals surface area contributed by atoms with Gasteiger partial charge in [0.2, 0.25) is 5.91 Å². The van der Waals surface area contributed by atoms with Gasteiger partial charge in [0.05, 0.1) is 12.1 Å². The first-order valence-electron chi connectivity index (χ1n) is 9.38. The van der Waals surface area contributed by atoms with Gasteiger partial charge >= 0.3 is 0 Å². The zero-order chi connectivity index (χ0) is 21.4. The molecule has 0 atom stereocenters. The molecule has 0 heterocycles. The summed E-state index contributed by atoms with van der Waals surface area (Å²) in [6.07, 6.45) is 0.793. The number of para-hydroxylation sites is 2. The number of nitrogens with one attached hydrogen (secondary N) is 1. The number of benzene rings is 2. The Balaban J connectivity index is 2.04. The number of aryl methyl sites for hydroxylation is 1. The minimum atomic E-state index is -0.364. The average Bonchev–Trinajstić information content (AvgIpc) is 2.71. The molecule has 0 aliphatic rings. The smallest absolute Gasteiger partial charge is 0.259 e. The number of rotatable bonds is 8. The lowest BCUT2D eigenvalue weighted by Crippen LogP contribution is -2.35. The molecule has 0 aliphatic heterocycles. The maximum absolute atomic E-state index is 12.8. The van der Waals surface area contributed by atoms with Gasteiger partial charge in [-0.25, -0.2) is 0 Å². The van der Waals surface area contributed by atoms with Crippen molar-refractivity contribution in [2.75, 3.05) is 39.6 Å². The quantitative estimate of drug-likeness (QED) is 0.742. The van der Waals surface area contributed by atoms with Crippen LogP contribution in [0.15, 0.2) is 48.5 Å². The Hall–Kier alpha value is -3.35. The third-order valence-electron chi connectivity index (χ3n) is 4.37. The van der Waals surface area contributed by atoms with Crippen LogP contribution in [-0.2, 0) is 16.0 Å². The van der Waals surface area contributed by atoms with Crippen LogP contribution in [0.2, 0.25) is 0 Å². The molecule has 7 nitrogen and oxygen atoms in total. The normalized spacial score (nSPS) is 10.2. The summed E-state index contributed by atoms with van der Waals surface area (Å²) in [7, 11) is 4.81. The summed E-state index contributed by atoms with van der Waals surface area (Å²) in [5.74, 6) is -0.564. The zero-order valence-corrected chi connectivity index (χ0v) is 17.3. The van der Waals surface area contributed by atoms with Crippen LogP contribution in [-0.4, -0.2) is 61.8 Å². The summed E-state index contributed by atoms with van der Waals surface area (Å²) >= 11 is 0. The first-order chi connectivity index (χ1) is 13.8. The van der Waals surface area contributed by atoms with Crippen molar-refractivity contribution in [1.82, 2.24) is 9.80 Å². The number of carbonyl (C=O) groups is 3. The Morgan fingerprint density at radius 1 is 0.966 bits per heavy atom. The molecule has 2 aromatic carbocycles. The lowest BCUT2D eigenvalue weighted by atomic mass is 10.1. The van der Waals surface area contributed by atoms with Gasteiger partial charge in [-0.1, -0.05) is 37.3 Å². The molecular formula is C22H27N3O4. The highest BCUT2D eigenvalue weighted by atomic mass is 16.5. The van der Waals surface area contributed by atoms with Crippen molar-refractivity contribution >= 4 is 23.4 Å². The largest absolute Gasteiger partial charge is 0.483 e. The van der Waals surface area contributed by atoms with E-state index in [0.29, 0.717) is 11.3 Å². The van der Waals surface area contributed by atoms with Crippen LogP contribution in [0, 0.1) is 0 Å². The minimum Gasteiger partial charge on any atom is -0.483 e. The van der Waals surface area contributed by atoms with E-state index in [9.17, 15) is 14.4 Å². The molecule has 1 N–H and O–H groups in total. The molecule has 2 aromatic rings. The van der Waals surface area contributed by atoms with Crippen molar-refractivity contribution < 1.29 is 19.1 Å². The second-order valence-electron chi connectivity index (χ2n) is 6.79. The summed E-state index contributed by atoms with van der Waals surface area (Å²) in [5.41, 5.74) is 2.06. The summed E-state index contributed by atoms with van der Waals surface area (Å²) in [6, 6.07) is 14.2. The summed E-state index contributed by atoms with van der Waals surface area (Å²) in [6.45, 7) is 1.73. The van der Waals surface area contributed by atoms with Crippen LogP contribution in [0.5, 0.6) is 5.75 Å². The Bertz CT molecular complexity index is 880. The standard InChI is InChI=1S/C22H27N3O4/c1-5-16-10-6-8-12-18(16)23-20(26)14-25(4)22(28)17-11-7-9-13-19(17)29-15-21(27)24(2)3/h6-13H,5,14-15H2,1-4H3,(H,23,26). The molecule has 29 heavy (non-hydrogen) atoms. The maximum Gasteiger partial charge on any atom is 0.259 e. The zero-order valence-electron chi connectivity index (χ0n) is 17.3. The second kappa shape index (κ2) is 10.3. The molecular weight excluding hydrogens is 370 g/mol. The highest BCUT2D eigenvalue weighted by molar-refractivity contribution is 6.01. The molecule has 7 heteroatoms. The van der Waals surface area contributed by atoms with Gasteiger partial charge in [-0.2, -0.15) is 0 Å². The van der Waals surface area contributed by atoms with Gasteiger partial charge in [0.15, 0.2) is 6.61 Å². The SMILES string of the molecule is CCc1ccccc1NC(=O)CN(C)C(=O)c1ccccc1OCC(=O)N(C)C. The Morgan fingerprint density at radius 3 is 2.31 bits per heavy atom. The fourth-order valence-electron chi connectivity index (χ4n) is 2.67. The van der Waals surface area contributed by atoms with Gasteiger partial charge in [-0.3, -0.25) is 14.4 Å². The van der Waals surface area contributed by atoms with Crippen molar-refractivity contribution in [3.8, 4) is 5.75 Å². The third kappa shape index (κ3) is 6.07. The van der Waals surface area contributed by atoms with E-state index in [2.05, 4.69) is 5.32 Å². The number of nitrogens with zero attached hydrogens (tertiary/aromatic N) is 2. The van der Waals surface area contributed by atoms with Crippen LogP contribution < -0.4 is 10.1 Å².